The van der Waals surface area contributed by atoms with Crippen molar-refractivity contribution in [1.29, 1.82) is 5.26 Å². The first kappa shape index (κ1) is 17.2. The third-order valence-electron chi connectivity index (χ3n) is 2.96. The average molecular weight is 304 g/mol. The molecule has 0 spiro atoms. The lowest BCUT2D eigenvalue weighted by atomic mass is 10.0. The molecule has 116 valence electrons. The molecule has 2 atom stereocenters. The largest absolute Gasteiger partial charge is 0.480 e. The van der Waals surface area contributed by atoms with E-state index in [9.17, 15) is 14.4 Å². The van der Waals surface area contributed by atoms with Crippen LogP contribution in [0.15, 0.2) is 24.3 Å². The van der Waals surface area contributed by atoms with Crippen molar-refractivity contribution in [1.82, 2.24) is 5.32 Å². The zero-order valence-electron chi connectivity index (χ0n) is 12.2. The molecule has 2 N–H and O–H groups in total. The van der Waals surface area contributed by atoms with E-state index in [-0.39, 0.29) is 17.5 Å². The van der Waals surface area contributed by atoms with Crippen molar-refractivity contribution in [3.05, 3.63) is 35.4 Å². The zero-order valence-corrected chi connectivity index (χ0v) is 12.2. The van der Waals surface area contributed by atoms with Gasteiger partial charge in [-0.1, -0.05) is 6.07 Å². The van der Waals surface area contributed by atoms with E-state index in [2.05, 4.69) is 10.1 Å². The molecule has 0 radical (unpaired) electrons. The number of amides is 1. The van der Waals surface area contributed by atoms with Gasteiger partial charge >= 0.3 is 11.9 Å². The third-order valence-corrected chi connectivity index (χ3v) is 2.96. The van der Waals surface area contributed by atoms with Gasteiger partial charge in [0.05, 0.1) is 18.7 Å². The highest BCUT2D eigenvalue weighted by atomic mass is 16.5. The molecule has 1 rings (SSSR count). The zero-order chi connectivity index (χ0) is 16.7. The monoisotopic (exact) mass is 304 g/mol. The van der Waals surface area contributed by atoms with Gasteiger partial charge in [0.25, 0.3) is 5.91 Å². The molecule has 7 heteroatoms. The number of nitrogens with zero attached hydrogens (tertiary/aromatic N) is 1. The molecule has 0 saturated heterocycles. The van der Waals surface area contributed by atoms with Crippen molar-refractivity contribution in [3.63, 3.8) is 0 Å². The molecule has 0 heterocycles. The number of ether oxygens (including phenoxy) is 1. The number of nitrogens with one attached hydrogen (secondary N) is 1. The predicted octanol–water partition coefficient (Wildman–Crippen LogP) is 1.21. The molecule has 1 aromatic rings. The molecular formula is C15H16N2O5. The maximum atomic E-state index is 12.1. The minimum absolute atomic E-state index is 0.00569. The maximum Gasteiger partial charge on any atom is 0.337 e. The highest BCUT2D eigenvalue weighted by Gasteiger charge is 2.23. The van der Waals surface area contributed by atoms with Crippen LogP contribution in [0.4, 0.5) is 0 Å². The molecule has 0 fully saturated rings. The Kier molecular flexibility index (Phi) is 6.08. The maximum absolute atomic E-state index is 12.1. The van der Waals surface area contributed by atoms with Gasteiger partial charge in [0.1, 0.15) is 6.04 Å². The summed E-state index contributed by atoms with van der Waals surface area (Å²) in [6.45, 7) is 1.57. The Bertz CT molecular complexity index is 621. The van der Waals surface area contributed by atoms with Gasteiger partial charge in [-0.05, 0) is 31.5 Å². The fourth-order valence-electron chi connectivity index (χ4n) is 1.77. The number of benzene rings is 1. The van der Waals surface area contributed by atoms with E-state index in [1.165, 1.54) is 31.4 Å². The second kappa shape index (κ2) is 7.78. The van der Waals surface area contributed by atoms with Gasteiger partial charge in [0.2, 0.25) is 0 Å². The summed E-state index contributed by atoms with van der Waals surface area (Å²) in [5, 5.41) is 20.2. The summed E-state index contributed by atoms with van der Waals surface area (Å²) in [5.74, 6) is -2.96. The molecule has 0 aromatic heterocycles. The van der Waals surface area contributed by atoms with Gasteiger partial charge in [0, 0.05) is 11.5 Å². The second-order valence-corrected chi connectivity index (χ2v) is 4.70. The summed E-state index contributed by atoms with van der Waals surface area (Å²) in [7, 11) is 1.22. The van der Waals surface area contributed by atoms with Gasteiger partial charge in [0.15, 0.2) is 0 Å². The van der Waals surface area contributed by atoms with Crippen LogP contribution < -0.4 is 5.32 Å². The van der Waals surface area contributed by atoms with E-state index in [1.807, 2.05) is 6.07 Å². The van der Waals surface area contributed by atoms with Gasteiger partial charge in [-0.15, -0.1) is 0 Å². The number of methoxy groups -OCH3 is 1. The van der Waals surface area contributed by atoms with Gasteiger partial charge in [-0.25, -0.2) is 9.59 Å². The number of hydrogen-bond donors (Lipinski definition) is 2. The molecule has 0 aliphatic carbocycles. The summed E-state index contributed by atoms with van der Waals surface area (Å²) >= 11 is 0. The molecule has 0 aliphatic heterocycles. The van der Waals surface area contributed by atoms with Crippen molar-refractivity contribution in [3.8, 4) is 6.07 Å². The van der Waals surface area contributed by atoms with E-state index in [0.717, 1.165) is 0 Å². The van der Waals surface area contributed by atoms with E-state index in [1.54, 1.807) is 6.92 Å². The lowest BCUT2D eigenvalue weighted by Gasteiger charge is -2.15. The van der Waals surface area contributed by atoms with E-state index in [4.69, 9.17) is 10.4 Å². The molecule has 0 unspecified atom stereocenters. The van der Waals surface area contributed by atoms with Gasteiger partial charge in [-0.2, -0.15) is 5.26 Å². The molecule has 0 aliphatic rings. The first-order valence-electron chi connectivity index (χ1n) is 6.50. The van der Waals surface area contributed by atoms with E-state index >= 15 is 0 Å². The highest BCUT2D eigenvalue weighted by Crippen LogP contribution is 2.09. The number of carbonyl (C=O) groups excluding carboxylic acids is 2. The number of hydrogen-bond acceptors (Lipinski definition) is 5. The minimum atomic E-state index is -1.22. The Morgan fingerprint density at radius 1 is 1.36 bits per heavy atom. The molecule has 0 saturated carbocycles. The van der Waals surface area contributed by atoms with Gasteiger partial charge < -0.3 is 15.2 Å². The number of aliphatic carboxylic acids is 1. The number of rotatable bonds is 6. The number of carboxylic acids is 1. The van der Waals surface area contributed by atoms with Crippen LogP contribution in [-0.4, -0.2) is 36.1 Å². The molecule has 0 bridgehead atoms. The lowest BCUT2D eigenvalue weighted by molar-refractivity contribution is -0.139. The van der Waals surface area contributed by atoms with Crippen LogP contribution in [0.2, 0.25) is 0 Å². The number of carbonyl (C=O) groups is 3. The van der Waals surface area contributed by atoms with Crippen molar-refractivity contribution < 1.29 is 24.2 Å². The van der Waals surface area contributed by atoms with Crippen molar-refractivity contribution in [2.24, 2.45) is 5.92 Å². The second-order valence-electron chi connectivity index (χ2n) is 4.70. The topological polar surface area (TPSA) is 116 Å². The first-order valence-corrected chi connectivity index (χ1v) is 6.50. The Hall–Kier alpha value is -2.88. The van der Waals surface area contributed by atoms with Crippen LogP contribution in [0.5, 0.6) is 0 Å². The van der Waals surface area contributed by atoms with Crippen LogP contribution in [0, 0.1) is 17.2 Å². The Balaban J connectivity index is 2.89. The summed E-state index contributed by atoms with van der Waals surface area (Å²) in [6, 6.07) is 6.48. The molecule has 1 amide bonds. The third kappa shape index (κ3) is 4.59. The first-order chi connectivity index (χ1) is 10.4. The standard InChI is InChI=1S/C15H16N2O5/c1-9(8-16)6-12(14(19)20)17-13(18)10-4-3-5-11(7-10)15(21)22-2/h3-5,7,9,12H,6H2,1-2H3,(H,17,18)(H,19,20)/t9-,12-/m1/s1. The summed E-state index contributed by atoms with van der Waals surface area (Å²) in [5.41, 5.74) is 0.325. The number of esters is 1. The highest BCUT2D eigenvalue weighted by molar-refractivity contribution is 5.99. The fraction of sp³-hybridized carbons (Fsp3) is 0.333. The predicted molar refractivity (Wildman–Crippen MR) is 76.1 cm³/mol. The summed E-state index contributed by atoms with van der Waals surface area (Å²) in [4.78, 5) is 34.6. The van der Waals surface area contributed by atoms with Crippen LogP contribution >= 0.6 is 0 Å². The Morgan fingerprint density at radius 3 is 2.55 bits per heavy atom. The lowest BCUT2D eigenvalue weighted by Crippen LogP contribution is -2.41. The van der Waals surface area contributed by atoms with Crippen LogP contribution in [0.25, 0.3) is 0 Å². The molecule has 7 nitrogen and oxygen atoms in total. The van der Waals surface area contributed by atoms with Crippen molar-refractivity contribution >= 4 is 17.8 Å². The van der Waals surface area contributed by atoms with Crippen LogP contribution in [0.3, 0.4) is 0 Å². The van der Waals surface area contributed by atoms with Gasteiger partial charge in [-0.3, -0.25) is 4.79 Å². The Labute approximate surface area is 127 Å². The van der Waals surface area contributed by atoms with Crippen molar-refractivity contribution in [2.75, 3.05) is 7.11 Å². The molecule has 1 aromatic carbocycles. The normalized spacial score (nSPS) is 12.6. The summed E-state index contributed by atoms with van der Waals surface area (Å²) in [6.07, 6.45) is -0.00569. The Morgan fingerprint density at radius 2 is 2.00 bits per heavy atom. The van der Waals surface area contributed by atoms with E-state index in [0.29, 0.717) is 0 Å². The van der Waals surface area contributed by atoms with Crippen LogP contribution in [-0.2, 0) is 9.53 Å². The smallest absolute Gasteiger partial charge is 0.337 e. The number of nitriles is 1. The molecular weight excluding hydrogens is 288 g/mol. The quantitative estimate of drug-likeness (QED) is 0.763. The minimum Gasteiger partial charge on any atom is -0.480 e. The SMILES string of the molecule is COC(=O)c1cccc(C(=O)N[C@H](C[C@@H](C)C#N)C(=O)O)c1. The number of carboxylic acid groups (broad SMARTS) is 1. The molecule has 22 heavy (non-hydrogen) atoms. The van der Waals surface area contributed by atoms with Crippen LogP contribution in [0.1, 0.15) is 34.1 Å². The summed E-state index contributed by atoms with van der Waals surface area (Å²) < 4.78 is 4.56. The van der Waals surface area contributed by atoms with E-state index < -0.39 is 29.8 Å². The van der Waals surface area contributed by atoms with Crippen molar-refractivity contribution in [2.45, 2.75) is 19.4 Å². The average Bonchev–Trinajstić information content (AvgIpc) is 2.53. The fourth-order valence-corrected chi connectivity index (χ4v) is 1.77.